The molecule has 0 fully saturated rings. The summed E-state index contributed by atoms with van der Waals surface area (Å²) in [6.07, 6.45) is -1.07. The largest absolute Gasteiger partial charge is 0.503 e. The molecule has 4 heterocycles. The maximum Gasteiger partial charge on any atom is 0.269 e. The number of rotatable bonds is 0. The first-order chi connectivity index (χ1) is 24.8. The van der Waals surface area contributed by atoms with Crippen molar-refractivity contribution in [1.29, 1.82) is 0 Å². The van der Waals surface area contributed by atoms with Crippen molar-refractivity contribution in [2.45, 2.75) is 25.4 Å². The standard InChI is InChI=1S/C34H27Br5N4O9/c35-19-5-15-1-2-27(19)51-28-11-17(7-21(37)30(28)45)9-25(43-50)34(48)41-14-26(44)18-12-22(38)32(23(39)13-18)52-29-10-16(6-20(36)31(29)46)3-4-40-33(47)24(8-15)42-49/h1-2,5-7,10-13,26,44-46,49-50H,3-4,8-9,14H2,(H,40,47)(H,41,48)/b42-24+,43-25-/t26-/m1/s1. The lowest BCUT2D eigenvalue weighted by Crippen LogP contribution is -2.35. The van der Waals surface area contributed by atoms with E-state index in [2.05, 4.69) is 101 Å². The predicted octanol–water partition coefficient (Wildman–Crippen LogP) is 7.76. The Hall–Kier alpha value is -3.68. The van der Waals surface area contributed by atoms with Crippen LogP contribution in [0.1, 0.15) is 28.4 Å². The number of aliphatic hydroxyl groups excluding tert-OH is 1. The molecular formula is C34H27Br5N4O9. The van der Waals surface area contributed by atoms with Gasteiger partial charge in [-0.05, 0) is 157 Å². The van der Waals surface area contributed by atoms with Gasteiger partial charge in [-0.3, -0.25) is 9.59 Å². The van der Waals surface area contributed by atoms with Crippen molar-refractivity contribution in [1.82, 2.24) is 10.6 Å². The molecule has 4 aromatic carbocycles. The topological polar surface area (TPSA) is 203 Å². The summed E-state index contributed by atoms with van der Waals surface area (Å²) < 4.78 is 13.9. The Bertz CT molecular complexity index is 2090. The smallest absolute Gasteiger partial charge is 0.269 e. The summed E-state index contributed by atoms with van der Waals surface area (Å²) in [5, 5.41) is 63.5. The fourth-order valence-electron chi connectivity index (χ4n) is 5.03. The Morgan fingerprint density at radius 2 is 1.17 bits per heavy atom. The predicted molar refractivity (Wildman–Crippen MR) is 208 cm³/mol. The van der Waals surface area contributed by atoms with Crippen LogP contribution in [0.4, 0.5) is 0 Å². The van der Waals surface area contributed by atoms with Gasteiger partial charge >= 0.3 is 0 Å². The van der Waals surface area contributed by atoms with Gasteiger partial charge in [-0.2, -0.15) is 0 Å². The van der Waals surface area contributed by atoms with Crippen molar-refractivity contribution >= 4 is 103 Å². The Kier molecular flexibility index (Phi) is 13.2. The van der Waals surface area contributed by atoms with Crippen molar-refractivity contribution in [2.75, 3.05) is 13.1 Å². The van der Waals surface area contributed by atoms with Crippen LogP contribution in [0.15, 0.2) is 87.3 Å². The van der Waals surface area contributed by atoms with E-state index in [1.54, 1.807) is 42.5 Å². The summed E-state index contributed by atoms with van der Waals surface area (Å²) in [7, 11) is 0. The Morgan fingerprint density at radius 1 is 0.635 bits per heavy atom. The van der Waals surface area contributed by atoms with Crippen LogP contribution >= 0.6 is 79.6 Å². The lowest BCUT2D eigenvalue weighted by atomic mass is 10.1. The molecule has 4 aliphatic rings. The van der Waals surface area contributed by atoms with E-state index in [-0.39, 0.29) is 70.6 Å². The van der Waals surface area contributed by atoms with Gasteiger partial charge in [-0.1, -0.05) is 16.4 Å². The number of phenolic OH excluding ortho intramolecular Hbond substituents is 2. The van der Waals surface area contributed by atoms with Crippen LogP contribution in [-0.4, -0.2) is 62.1 Å². The first-order valence-corrected chi connectivity index (χ1v) is 19.1. The Labute approximate surface area is 338 Å². The highest BCUT2D eigenvalue weighted by Gasteiger charge is 2.22. The highest BCUT2D eigenvalue weighted by molar-refractivity contribution is 9.11. The molecule has 0 aromatic heterocycles. The minimum Gasteiger partial charge on any atom is -0.503 e. The molecule has 4 aliphatic heterocycles. The van der Waals surface area contributed by atoms with E-state index in [1.165, 1.54) is 12.1 Å². The molecule has 4 aromatic rings. The summed E-state index contributed by atoms with van der Waals surface area (Å²) in [5.41, 5.74) is 1.70. The van der Waals surface area contributed by atoms with Gasteiger partial charge in [0.1, 0.15) is 17.2 Å². The molecule has 0 unspecified atom stereocenters. The van der Waals surface area contributed by atoms with Crippen LogP contribution in [0.3, 0.4) is 0 Å². The van der Waals surface area contributed by atoms with Gasteiger partial charge in [-0.25, -0.2) is 0 Å². The zero-order valence-corrected chi connectivity index (χ0v) is 34.4. The zero-order chi connectivity index (χ0) is 37.7. The lowest BCUT2D eigenvalue weighted by molar-refractivity contribution is -0.116. The number of hydrogen-bond donors (Lipinski definition) is 7. The van der Waals surface area contributed by atoms with Gasteiger partial charge in [0, 0.05) is 25.9 Å². The number of hydrogen-bond acceptors (Lipinski definition) is 11. The van der Waals surface area contributed by atoms with Crippen molar-refractivity contribution in [3.05, 3.63) is 99.2 Å². The molecule has 0 spiro atoms. The summed E-state index contributed by atoms with van der Waals surface area (Å²) in [6, 6.07) is 14.3. The molecule has 13 nitrogen and oxygen atoms in total. The number of carbonyl (C=O) groups is 2. The van der Waals surface area contributed by atoms with E-state index < -0.39 is 17.9 Å². The third-order valence-electron chi connectivity index (χ3n) is 7.67. The minimum atomic E-state index is -1.19. The number of ether oxygens (including phenoxy) is 2. The molecular weight excluding hydrogens is 1010 g/mol. The number of carbonyl (C=O) groups excluding carboxylic acids is 2. The van der Waals surface area contributed by atoms with Gasteiger partial charge < -0.3 is 45.8 Å². The van der Waals surface area contributed by atoms with Crippen molar-refractivity contribution < 1.29 is 44.8 Å². The van der Waals surface area contributed by atoms with E-state index in [0.29, 0.717) is 52.3 Å². The molecule has 18 heteroatoms. The number of phenols is 2. The molecule has 7 N–H and O–H groups in total. The molecule has 0 aliphatic carbocycles. The van der Waals surface area contributed by atoms with Gasteiger partial charge in [0.2, 0.25) is 0 Å². The first kappa shape index (κ1) is 39.5. The number of aliphatic hydroxyl groups is 1. The molecule has 1 atom stereocenters. The average Bonchev–Trinajstić information content (AvgIpc) is 3.10. The second-order valence-electron chi connectivity index (χ2n) is 11.3. The molecule has 2 amide bonds. The second-order valence-corrected chi connectivity index (χ2v) is 15.6. The number of halogens is 5. The fourth-order valence-corrected chi connectivity index (χ4v) is 7.90. The normalized spacial score (nSPS) is 17.5. The number of oxime groups is 2. The van der Waals surface area contributed by atoms with E-state index in [1.807, 2.05) is 0 Å². The molecule has 272 valence electrons. The van der Waals surface area contributed by atoms with Crippen molar-refractivity contribution in [3.8, 4) is 34.5 Å². The van der Waals surface area contributed by atoms with Crippen LogP contribution in [-0.2, 0) is 28.9 Å². The zero-order valence-electron chi connectivity index (χ0n) is 26.5. The molecule has 52 heavy (non-hydrogen) atoms. The number of nitrogens with zero attached hydrogens (tertiary/aromatic N) is 2. The molecule has 0 saturated carbocycles. The van der Waals surface area contributed by atoms with Crippen molar-refractivity contribution in [3.63, 3.8) is 0 Å². The number of benzene rings is 4. The Morgan fingerprint density at radius 3 is 1.79 bits per heavy atom. The summed E-state index contributed by atoms with van der Waals surface area (Å²) in [5.74, 6) is -1.06. The average molecular weight is 1040 g/mol. The SMILES string of the molecule is O=C1NC[C@@H](O)c2cc(Br)c(c(Br)c2)Oc2cc(cc(Br)c2O)CCNC(=O)/C(=N/O)Cc2ccc(c(Br)c2)Oc2cc(cc(Br)c2O)C/C1=N/O. The van der Waals surface area contributed by atoms with Gasteiger partial charge in [-0.15, -0.1) is 0 Å². The van der Waals surface area contributed by atoms with Crippen LogP contribution < -0.4 is 20.1 Å². The van der Waals surface area contributed by atoms with Gasteiger partial charge in [0.15, 0.2) is 28.7 Å². The number of amides is 2. The van der Waals surface area contributed by atoms with E-state index >= 15 is 0 Å². The second kappa shape index (κ2) is 17.4. The number of aromatic hydroxyl groups is 2. The van der Waals surface area contributed by atoms with Crippen LogP contribution in [0.5, 0.6) is 34.5 Å². The summed E-state index contributed by atoms with van der Waals surface area (Å²) in [6.45, 7) is -0.0855. The van der Waals surface area contributed by atoms with E-state index in [9.17, 15) is 35.3 Å². The molecule has 0 radical (unpaired) electrons. The highest BCUT2D eigenvalue weighted by atomic mass is 79.9. The number of nitrogens with one attached hydrogen (secondary N) is 2. The van der Waals surface area contributed by atoms with Crippen molar-refractivity contribution in [2.24, 2.45) is 10.3 Å². The van der Waals surface area contributed by atoms with Crippen LogP contribution in [0, 0.1) is 0 Å². The van der Waals surface area contributed by atoms with Gasteiger partial charge in [0.05, 0.1) is 28.5 Å². The van der Waals surface area contributed by atoms with E-state index in [0.717, 1.165) is 0 Å². The van der Waals surface area contributed by atoms with E-state index in [4.69, 9.17) is 9.47 Å². The summed E-state index contributed by atoms with van der Waals surface area (Å²) >= 11 is 17.0. The summed E-state index contributed by atoms with van der Waals surface area (Å²) in [4.78, 5) is 26.0. The minimum absolute atomic E-state index is 0.0208. The molecule has 8 rings (SSSR count). The third kappa shape index (κ3) is 9.45. The van der Waals surface area contributed by atoms with Crippen LogP contribution in [0.25, 0.3) is 0 Å². The monoisotopic (exact) mass is 1030 g/mol. The van der Waals surface area contributed by atoms with Crippen LogP contribution in [0.2, 0.25) is 0 Å². The maximum atomic E-state index is 13.0. The third-order valence-corrected chi connectivity index (χ3v) is 10.7. The quantitative estimate of drug-likeness (QED) is 0.0679. The molecule has 0 saturated heterocycles. The highest BCUT2D eigenvalue weighted by Crippen LogP contribution is 2.44. The molecule has 8 bridgehead atoms. The maximum absolute atomic E-state index is 13.0. The first-order valence-electron chi connectivity index (χ1n) is 15.1. The fraction of sp³-hybridized carbons (Fsp3) is 0.176. The Balaban J connectivity index is 1.49. The lowest BCUT2D eigenvalue weighted by Gasteiger charge is -2.18. The van der Waals surface area contributed by atoms with Gasteiger partial charge in [0.25, 0.3) is 11.8 Å².